The van der Waals surface area contributed by atoms with Crippen LogP contribution in [0.25, 0.3) is 22.8 Å². The highest BCUT2D eigenvalue weighted by Gasteiger charge is 2.22. The molecule has 142 valence electrons. The van der Waals surface area contributed by atoms with Crippen LogP contribution in [0.3, 0.4) is 0 Å². The monoisotopic (exact) mass is 394 g/mol. The molecule has 1 unspecified atom stereocenters. The minimum Gasteiger partial charge on any atom is -0.496 e. The second-order valence-electron chi connectivity index (χ2n) is 5.96. The van der Waals surface area contributed by atoms with Gasteiger partial charge >= 0.3 is 0 Å². The molecule has 0 aliphatic heterocycles. The van der Waals surface area contributed by atoms with E-state index in [0.29, 0.717) is 28.4 Å². The number of hydrogen-bond acceptors (Lipinski definition) is 8. The van der Waals surface area contributed by atoms with Crippen molar-refractivity contribution in [3.05, 3.63) is 60.5 Å². The van der Waals surface area contributed by atoms with E-state index < -0.39 is 0 Å². The molecule has 0 saturated carbocycles. The summed E-state index contributed by atoms with van der Waals surface area (Å²) in [6.07, 6.45) is 0. The van der Waals surface area contributed by atoms with Gasteiger partial charge in [0.2, 0.25) is 16.9 Å². The Bertz CT molecular complexity index is 1080. The predicted molar refractivity (Wildman–Crippen MR) is 106 cm³/mol. The van der Waals surface area contributed by atoms with E-state index in [9.17, 15) is 0 Å². The third-order valence-corrected chi connectivity index (χ3v) is 5.16. The average Bonchev–Trinajstić information content (AvgIpc) is 3.36. The molecule has 9 heteroatoms. The van der Waals surface area contributed by atoms with E-state index >= 15 is 0 Å². The largest absolute Gasteiger partial charge is 0.496 e. The number of rotatable bonds is 6. The molecule has 1 atom stereocenters. The van der Waals surface area contributed by atoms with Crippen LogP contribution in [0, 0.1) is 0 Å². The van der Waals surface area contributed by atoms with Gasteiger partial charge in [-0.15, -0.1) is 10.2 Å². The smallest absolute Gasteiger partial charge is 0.240 e. The fourth-order valence-corrected chi connectivity index (χ4v) is 3.48. The second kappa shape index (κ2) is 7.73. The van der Waals surface area contributed by atoms with E-state index in [1.807, 2.05) is 61.5 Å². The van der Waals surface area contributed by atoms with E-state index in [1.165, 1.54) is 16.4 Å². The van der Waals surface area contributed by atoms with Crippen molar-refractivity contribution in [2.75, 3.05) is 13.0 Å². The SMILES string of the molecule is COc1ccccc1-c1nnc(SC(C)c2nc(-c3ccccc3)no2)n1N. The molecule has 2 N–H and O–H groups in total. The van der Waals surface area contributed by atoms with Gasteiger partial charge in [0.05, 0.1) is 17.9 Å². The Morgan fingerprint density at radius 3 is 2.61 bits per heavy atom. The van der Waals surface area contributed by atoms with Crippen LogP contribution in [0.5, 0.6) is 5.75 Å². The molecule has 2 heterocycles. The predicted octanol–water partition coefficient (Wildman–Crippen LogP) is 3.57. The van der Waals surface area contributed by atoms with Crippen molar-refractivity contribution in [1.82, 2.24) is 25.0 Å². The highest BCUT2D eigenvalue weighted by molar-refractivity contribution is 7.99. The lowest BCUT2D eigenvalue weighted by Crippen LogP contribution is -2.12. The molecule has 4 rings (SSSR count). The molecule has 0 saturated heterocycles. The van der Waals surface area contributed by atoms with Gasteiger partial charge < -0.3 is 15.1 Å². The minimum absolute atomic E-state index is 0.151. The molecule has 0 bridgehead atoms. The zero-order valence-corrected chi connectivity index (χ0v) is 16.1. The number of aromatic nitrogens is 5. The van der Waals surface area contributed by atoms with Crippen LogP contribution in [0.4, 0.5) is 0 Å². The molecule has 0 spiro atoms. The van der Waals surface area contributed by atoms with Crippen molar-refractivity contribution in [2.45, 2.75) is 17.3 Å². The number of nitrogens with zero attached hydrogens (tertiary/aromatic N) is 5. The van der Waals surface area contributed by atoms with Crippen LogP contribution < -0.4 is 10.6 Å². The summed E-state index contributed by atoms with van der Waals surface area (Å²) in [6.45, 7) is 1.95. The Morgan fingerprint density at radius 2 is 1.82 bits per heavy atom. The Kier molecular flexibility index (Phi) is 4.98. The maximum atomic E-state index is 6.23. The van der Waals surface area contributed by atoms with Gasteiger partial charge in [-0.3, -0.25) is 0 Å². The lowest BCUT2D eigenvalue weighted by atomic mass is 10.2. The van der Waals surface area contributed by atoms with Gasteiger partial charge in [-0.05, 0) is 19.1 Å². The third-order valence-electron chi connectivity index (χ3n) is 4.12. The lowest BCUT2D eigenvalue weighted by Gasteiger charge is -2.09. The first-order valence-electron chi connectivity index (χ1n) is 8.57. The second-order valence-corrected chi connectivity index (χ2v) is 7.27. The number of ether oxygens (including phenoxy) is 1. The molecule has 0 aliphatic rings. The highest BCUT2D eigenvalue weighted by Crippen LogP contribution is 2.35. The quantitative estimate of drug-likeness (QED) is 0.391. The number of nitrogen functional groups attached to an aromatic ring is 1. The molecular weight excluding hydrogens is 376 g/mol. The number of nitrogens with two attached hydrogens (primary N) is 1. The van der Waals surface area contributed by atoms with E-state index in [0.717, 1.165) is 11.1 Å². The maximum Gasteiger partial charge on any atom is 0.240 e. The van der Waals surface area contributed by atoms with Crippen LogP contribution in [0.15, 0.2) is 64.3 Å². The van der Waals surface area contributed by atoms with Gasteiger partial charge in [-0.1, -0.05) is 59.4 Å². The number of methoxy groups -OCH3 is 1. The Hall–Kier alpha value is -3.33. The highest BCUT2D eigenvalue weighted by atomic mass is 32.2. The topological polar surface area (TPSA) is 105 Å². The van der Waals surface area contributed by atoms with Gasteiger partial charge in [0, 0.05) is 5.56 Å². The first-order valence-corrected chi connectivity index (χ1v) is 9.45. The van der Waals surface area contributed by atoms with E-state index in [2.05, 4.69) is 20.3 Å². The van der Waals surface area contributed by atoms with Gasteiger partial charge in [0.15, 0.2) is 5.82 Å². The molecule has 0 radical (unpaired) electrons. The zero-order valence-electron chi connectivity index (χ0n) is 15.3. The van der Waals surface area contributed by atoms with E-state index in [4.69, 9.17) is 15.1 Å². The van der Waals surface area contributed by atoms with Crippen LogP contribution in [0.2, 0.25) is 0 Å². The van der Waals surface area contributed by atoms with E-state index in [-0.39, 0.29) is 5.25 Å². The van der Waals surface area contributed by atoms with Crippen molar-refractivity contribution in [3.8, 4) is 28.5 Å². The number of benzene rings is 2. The third kappa shape index (κ3) is 3.44. The Morgan fingerprint density at radius 1 is 1.07 bits per heavy atom. The van der Waals surface area contributed by atoms with Crippen LogP contribution in [-0.2, 0) is 0 Å². The summed E-state index contributed by atoms with van der Waals surface area (Å²) in [5.41, 5.74) is 1.67. The van der Waals surface area contributed by atoms with Crippen LogP contribution in [-0.4, -0.2) is 32.1 Å². The van der Waals surface area contributed by atoms with Gasteiger partial charge in [0.25, 0.3) is 0 Å². The molecule has 0 fully saturated rings. The minimum atomic E-state index is -0.151. The summed E-state index contributed by atoms with van der Waals surface area (Å²) in [5, 5.41) is 12.9. The van der Waals surface area contributed by atoms with E-state index in [1.54, 1.807) is 7.11 Å². The number of para-hydroxylation sites is 1. The van der Waals surface area contributed by atoms with Gasteiger partial charge in [0.1, 0.15) is 5.75 Å². The summed E-state index contributed by atoms with van der Waals surface area (Å²) in [6, 6.07) is 17.2. The first-order chi connectivity index (χ1) is 13.7. The van der Waals surface area contributed by atoms with Crippen molar-refractivity contribution in [2.24, 2.45) is 0 Å². The standard InChI is InChI=1S/C19H18N6O2S/c1-12(18-21-16(24-27-18)13-8-4-3-5-9-13)28-19-23-22-17(25(19)20)14-10-6-7-11-15(14)26-2/h3-12H,20H2,1-2H3. The average molecular weight is 394 g/mol. The molecule has 8 nitrogen and oxygen atoms in total. The fraction of sp³-hybridized carbons (Fsp3) is 0.158. The molecule has 2 aromatic heterocycles. The Balaban J connectivity index is 1.55. The zero-order chi connectivity index (χ0) is 19.5. The maximum absolute atomic E-state index is 6.23. The summed E-state index contributed by atoms with van der Waals surface area (Å²) in [5.74, 6) is 8.46. The summed E-state index contributed by atoms with van der Waals surface area (Å²) in [7, 11) is 1.60. The fourth-order valence-electron chi connectivity index (χ4n) is 2.68. The van der Waals surface area contributed by atoms with Gasteiger partial charge in [-0.25, -0.2) is 4.68 Å². The molecule has 0 aliphatic carbocycles. The summed E-state index contributed by atoms with van der Waals surface area (Å²) in [4.78, 5) is 4.48. The summed E-state index contributed by atoms with van der Waals surface area (Å²) < 4.78 is 12.2. The first kappa shape index (κ1) is 18.1. The van der Waals surface area contributed by atoms with Crippen molar-refractivity contribution in [1.29, 1.82) is 0 Å². The molecule has 2 aromatic carbocycles. The van der Waals surface area contributed by atoms with Crippen molar-refractivity contribution >= 4 is 11.8 Å². The van der Waals surface area contributed by atoms with Crippen LogP contribution in [0.1, 0.15) is 18.1 Å². The van der Waals surface area contributed by atoms with Crippen LogP contribution >= 0.6 is 11.8 Å². The number of hydrogen-bond donors (Lipinski definition) is 1. The lowest BCUT2D eigenvalue weighted by molar-refractivity contribution is 0.380. The summed E-state index contributed by atoms with van der Waals surface area (Å²) >= 11 is 1.39. The number of thioether (sulfide) groups is 1. The van der Waals surface area contributed by atoms with Crippen molar-refractivity contribution < 1.29 is 9.26 Å². The van der Waals surface area contributed by atoms with Gasteiger partial charge in [-0.2, -0.15) is 4.98 Å². The molecule has 28 heavy (non-hydrogen) atoms. The molecular formula is C19H18N6O2S. The molecule has 0 amide bonds. The normalized spacial score (nSPS) is 12.1. The Labute approximate surface area is 165 Å². The van der Waals surface area contributed by atoms with Crippen molar-refractivity contribution in [3.63, 3.8) is 0 Å². The molecule has 4 aromatic rings.